The SMILES string of the molecule is CO[C@@H](C)C(C)N=C(C)C(C)=N. The second kappa shape index (κ2) is 5.04. The molecule has 3 nitrogen and oxygen atoms in total. The van der Waals surface area contributed by atoms with E-state index in [4.69, 9.17) is 10.1 Å². The molecule has 3 heteroatoms. The Kier molecular flexibility index (Phi) is 4.74. The minimum atomic E-state index is 0.110. The van der Waals surface area contributed by atoms with Crippen molar-refractivity contribution in [1.29, 1.82) is 5.41 Å². The number of ether oxygens (including phenoxy) is 1. The van der Waals surface area contributed by atoms with Crippen LogP contribution < -0.4 is 0 Å². The van der Waals surface area contributed by atoms with Gasteiger partial charge in [-0.25, -0.2) is 0 Å². The molecule has 0 aliphatic carbocycles. The molecule has 0 radical (unpaired) electrons. The predicted molar refractivity (Wildman–Crippen MR) is 52.4 cm³/mol. The van der Waals surface area contributed by atoms with Crippen molar-refractivity contribution in [2.75, 3.05) is 7.11 Å². The summed E-state index contributed by atoms with van der Waals surface area (Å²) in [7, 11) is 1.67. The molecule has 1 unspecified atom stereocenters. The van der Waals surface area contributed by atoms with Crippen molar-refractivity contribution in [1.82, 2.24) is 0 Å². The molecule has 0 saturated carbocycles. The Labute approximate surface area is 74.4 Å². The van der Waals surface area contributed by atoms with E-state index >= 15 is 0 Å². The van der Waals surface area contributed by atoms with Gasteiger partial charge in [0.2, 0.25) is 0 Å². The molecular weight excluding hydrogens is 152 g/mol. The van der Waals surface area contributed by atoms with Crippen LogP contribution >= 0.6 is 0 Å². The highest BCUT2D eigenvalue weighted by Crippen LogP contribution is 2.01. The second-order valence-corrected chi connectivity index (χ2v) is 3.02. The summed E-state index contributed by atoms with van der Waals surface area (Å²) in [6, 6.07) is 0.121. The van der Waals surface area contributed by atoms with Crippen LogP contribution in [0.1, 0.15) is 27.7 Å². The van der Waals surface area contributed by atoms with Crippen LogP contribution in [0.3, 0.4) is 0 Å². The number of rotatable bonds is 4. The van der Waals surface area contributed by atoms with Gasteiger partial charge in [-0.05, 0) is 27.7 Å². The van der Waals surface area contributed by atoms with Gasteiger partial charge < -0.3 is 10.1 Å². The molecule has 1 N–H and O–H groups in total. The van der Waals surface area contributed by atoms with Crippen LogP contribution in [0.5, 0.6) is 0 Å². The predicted octanol–water partition coefficient (Wildman–Crippen LogP) is 1.91. The van der Waals surface area contributed by atoms with E-state index in [2.05, 4.69) is 4.99 Å². The minimum Gasteiger partial charge on any atom is -0.380 e. The molecular formula is C9H18N2O. The van der Waals surface area contributed by atoms with Crippen molar-refractivity contribution in [2.45, 2.75) is 39.8 Å². The van der Waals surface area contributed by atoms with Gasteiger partial charge >= 0.3 is 0 Å². The fourth-order valence-corrected chi connectivity index (χ4v) is 0.704. The van der Waals surface area contributed by atoms with Gasteiger partial charge in [-0.15, -0.1) is 0 Å². The van der Waals surface area contributed by atoms with Crippen molar-refractivity contribution in [3.8, 4) is 0 Å². The standard InChI is InChI=1S/C9H18N2O/c1-6(10)7(2)11-8(3)9(4)12-5/h8-10H,1-5H3/t8?,9-/m0/s1. The molecule has 0 heterocycles. The highest BCUT2D eigenvalue weighted by Gasteiger charge is 2.09. The Bertz CT molecular complexity index is 187. The quantitative estimate of drug-likeness (QED) is 0.643. The molecule has 2 atom stereocenters. The molecule has 0 saturated heterocycles. The molecule has 0 aromatic rings. The number of aliphatic imine (C=N–C) groups is 1. The van der Waals surface area contributed by atoms with Crippen molar-refractivity contribution in [3.05, 3.63) is 0 Å². The Hall–Kier alpha value is -0.700. The summed E-state index contributed by atoms with van der Waals surface area (Å²) in [5.74, 6) is 0. The molecule has 0 bridgehead atoms. The lowest BCUT2D eigenvalue weighted by molar-refractivity contribution is 0.101. The Morgan fingerprint density at radius 3 is 2.17 bits per heavy atom. The van der Waals surface area contributed by atoms with Crippen LogP contribution in [-0.2, 0) is 4.74 Å². The highest BCUT2D eigenvalue weighted by molar-refractivity contribution is 6.39. The molecule has 0 spiro atoms. The van der Waals surface area contributed by atoms with Crippen molar-refractivity contribution >= 4 is 11.4 Å². The molecule has 0 amide bonds. The second-order valence-electron chi connectivity index (χ2n) is 3.02. The van der Waals surface area contributed by atoms with Crippen LogP contribution in [-0.4, -0.2) is 30.7 Å². The third-order valence-electron chi connectivity index (χ3n) is 1.99. The first kappa shape index (κ1) is 11.3. The molecule has 70 valence electrons. The van der Waals surface area contributed by atoms with E-state index in [9.17, 15) is 0 Å². The fraction of sp³-hybridized carbons (Fsp3) is 0.778. The van der Waals surface area contributed by atoms with E-state index in [0.717, 1.165) is 5.71 Å². The average Bonchev–Trinajstić information content (AvgIpc) is 2.02. The Morgan fingerprint density at radius 2 is 1.83 bits per heavy atom. The van der Waals surface area contributed by atoms with Gasteiger partial charge in [-0.3, -0.25) is 4.99 Å². The van der Waals surface area contributed by atoms with Gasteiger partial charge in [0.1, 0.15) is 0 Å². The van der Waals surface area contributed by atoms with Crippen LogP contribution in [0, 0.1) is 5.41 Å². The van der Waals surface area contributed by atoms with E-state index < -0.39 is 0 Å². The van der Waals surface area contributed by atoms with Crippen molar-refractivity contribution in [2.24, 2.45) is 4.99 Å². The Morgan fingerprint density at radius 1 is 1.33 bits per heavy atom. The summed E-state index contributed by atoms with van der Waals surface area (Å²) in [5, 5.41) is 7.32. The molecule has 0 rings (SSSR count). The summed E-state index contributed by atoms with van der Waals surface area (Å²) in [6.45, 7) is 7.55. The molecule has 0 aromatic heterocycles. The molecule has 0 aliphatic heterocycles. The Balaban J connectivity index is 4.22. The summed E-state index contributed by atoms with van der Waals surface area (Å²) in [4.78, 5) is 4.31. The zero-order chi connectivity index (χ0) is 9.72. The normalized spacial score (nSPS) is 17.2. The van der Waals surface area contributed by atoms with Gasteiger partial charge in [0.15, 0.2) is 0 Å². The smallest absolute Gasteiger partial charge is 0.0763 e. The van der Waals surface area contributed by atoms with E-state index in [0.29, 0.717) is 5.71 Å². The van der Waals surface area contributed by atoms with Gasteiger partial charge in [-0.2, -0.15) is 0 Å². The largest absolute Gasteiger partial charge is 0.380 e. The lowest BCUT2D eigenvalue weighted by atomic mass is 10.2. The molecule has 12 heavy (non-hydrogen) atoms. The van der Waals surface area contributed by atoms with E-state index in [1.807, 2.05) is 20.8 Å². The fourth-order valence-electron chi connectivity index (χ4n) is 0.704. The summed E-state index contributed by atoms with van der Waals surface area (Å²) in [5.41, 5.74) is 1.30. The summed E-state index contributed by atoms with van der Waals surface area (Å²) >= 11 is 0. The maximum Gasteiger partial charge on any atom is 0.0763 e. The lowest BCUT2D eigenvalue weighted by Gasteiger charge is -2.14. The number of nitrogens with one attached hydrogen (secondary N) is 1. The molecule has 0 aromatic carbocycles. The minimum absolute atomic E-state index is 0.110. The van der Waals surface area contributed by atoms with Crippen LogP contribution in [0.4, 0.5) is 0 Å². The van der Waals surface area contributed by atoms with Gasteiger partial charge in [0, 0.05) is 12.8 Å². The molecule has 0 fully saturated rings. The highest BCUT2D eigenvalue weighted by atomic mass is 16.5. The zero-order valence-corrected chi connectivity index (χ0v) is 8.51. The average molecular weight is 170 g/mol. The van der Waals surface area contributed by atoms with Crippen LogP contribution in [0.15, 0.2) is 4.99 Å². The van der Waals surface area contributed by atoms with E-state index in [1.165, 1.54) is 0 Å². The van der Waals surface area contributed by atoms with Crippen LogP contribution in [0.2, 0.25) is 0 Å². The number of hydrogen-bond donors (Lipinski definition) is 1. The molecule has 0 aliphatic rings. The van der Waals surface area contributed by atoms with Gasteiger partial charge in [0.25, 0.3) is 0 Å². The number of nitrogens with zero attached hydrogens (tertiary/aromatic N) is 1. The van der Waals surface area contributed by atoms with Gasteiger partial charge in [0.05, 0.1) is 17.9 Å². The first-order chi connectivity index (χ1) is 5.49. The van der Waals surface area contributed by atoms with Gasteiger partial charge in [-0.1, -0.05) is 0 Å². The number of methoxy groups -OCH3 is 1. The first-order valence-corrected chi connectivity index (χ1v) is 4.11. The first-order valence-electron chi connectivity index (χ1n) is 4.11. The monoisotopic (exact) mass is 170 g/mol. The maximum absolute atomic E-state index is 7.32. The number of hydrogen-bond acceptors (Lipinski definition) is 3. The summed E-state index contributed by atoms with van der Waals surface area (Å²) < 4.78 is 5.12. The van der Waals surface area contributed by atoms with E-state index in [1.54, 1.807) is 14.0 Å². The lowest BCUT2D eigenvalue weighted by Crippen LogP contribution is -2.22. The maximum atomic E-state index is 7.32. The van der Waals surface area contributed by atoms with Crippen LogP contribution in [0.25, 0.3) is 0 Å². The summed E-state index contributed by atoms with van der Waals surface area (Å²) in [6.07, 6.45) is 0.110. The van der Waals surface area contributed by atoms with Crippen molar-refractivity contribution < 1.29 is 4.74 Å². The topological polar surface area (TPSA) is 45.4 Å². The third kappa shape index (κ3) is 3.62. The zero-order valence-electron chi connectivity index (χ0n) is 8.51. The van der Waals surface area contributed by atoms with E-state index in [-0.39, 0.29) is 12.1 Å². The third-order valence-corrected chi connectivity index (χ3v) is 1.99. The van der Waals surface area contributed by atoms with Crippen molar-refractivity contribution in [3.63, 3.8) is 0 Å².